The van der Waals surface area contributed by atoms with Gasteiger partial charge < -0.3 is 20.9 Å². The molecule has 0 spiro atoms. The molecule has 2 aromatic rings. The number of hydrogen-bond donors (Lipinski definition) is 3. The van der Waals surface area contributed by atoms with Gasteiger partial charge in [0.2, 0.25) is 15.9 Å². The number of likely N-dealkylation sites (N-methyl/N-ethyl adjacent to an activating group) is 1. The number of nitrogens with one attached hydrogen (secondary N) is 2. The average Bonchev–Trinajstić information content (AvgIpc) is 2.82. The van der Waals surface area contributed by atoms with Crippen LogP contribution in [0.25, 0.3) is 10.8 Å². The molecule has 0 radical (unpaired) electrons. The molecule has 2 aliphatic heterocycles. The molecule has 2 aliphatic rings. The summed E-state index contributed by atoms with van der Waals surface area (Å²) < 4.78 is 30.0. The Hall–Kier alpha value is -2.69. The Morgan fingerprint density at radius 3 is 2.69 bits per heavy atom. The number of aliphatic imine (C=N–C) groups is 1. The summed E-state index contributed by atoms with van der Waals surface area (Å²) in [5, 5.41) is 4.57. The minimum absolute atomic E-state index is 0.0445. The van der Waals surface area contributed by atoms with Gasteiger partial charge in [0, 0.05) is 37.5 Å². The number of carbonyl (C=O) groups excluding carboxylic acids is 1. The molecule has 10 heteroatoms. The summed E-state index contributed by atoms with van der Waals surface area (Å²) in [7, 11) is 0.146. The highest BCUT2D eigenvalue weighted by Crippen LogP contribution is 2.28. The summed E-state index contributed by atoms with van der Waals surface area (Å²) in [6.07, 6.45) is 0.952. The van der Waals surface area contributed by atoms with Crippen LogP contribution in [0.1, 0.15) is 26.2 Å². The Morgan fingerprint density at radius 1 is 1.23 bits per heavy atom. The topological polar surface area (TPSA) is 120 Å². The van der Waals surface area contributed by atoms with Gasteiger partial charge in [-0.2, -0.15) is 4.72 Å². The fourth-order valence-corrected chi connectivity index (χ4v) is 6.58. The number of carbonyl (C=O) groups is 1. The third-order valence-electron chi connectivity index (χ3n) is 7.18. The van der Waals surface area contributed by atoms with E-state index in [1.165, 1.54) is 0 Å². The van der Waals surface area contributed by atoms with Crippen LogP contribution in [0.5, 0.6) is 0 Å². The number of fused-ring (bicyclic) bond motifs is 1. The van der Waals surface area contributed by atoms with E-state index in [2.05, 4.69) is 26.9 Å². The molecule has 0 aromatic heterocycles. The third kappa shape index (κ3) is 5.76. The second-order valence-electron chi connectivity index (χ2n) is 9.92. The van der Waals surface area contributed by atoms with Crippen LogP contribution < -0.4 is 15.8 Å². The van der Waals surface area contributed by atoms with Crippen molar-refractivity contribution >= 4 is 32.7 Å². The van der Waals surface area contributed by atoms with Gasteiger partial charge in [-0.3, -0.25) is 9.79 Å². The average molecular weight is 501 g/mol. The van der Waals surface area contributed by atoms with E-state index in [4.69, 9.17) is 5.73 Å². The molecule has 0 aliphatic carbocycles. The van der Waals surface area contributed by atoms with Gasteiger partial charge in [0.25, 0.3) is 0 Å². The largest absolute Gasteiger partial charge is 0.370 e. The molecular weight excluding hydrogens is 464 g/mol. The van der Waals surface area contributed by atoms with Crippen LogP contribution in [0.15, 0.2) is 52.4 Å². The highest BCUT2D eigenvalue weighted by atomic mass is 32.2. The molecule has 190 valence electrons. The second-order valence-corrected chi connectivity index (χ2v) is 11.6. The van der Waals surface area contributed by atoms with Crippen molar-refractivity contribution < 1.29 is 13.2 Å². The number of piperidine rings is 1. The predicted molar refractivity (Wildman–Crippen MR) is 138 cm³/mol. The van der Waals surface area contributed by atoms with Crippen molar-refractivity contribution in [3.8, 4) is 0 Å². The first-order chi connectivity index (χ1) is 16.7. The Morgan fingerprint density at radius 2 is 1.97 bits per heavy atom. The minimum atomic E-state index is -3.85. The van der Waals surface area contributed by atoms with Crippen LogP contribution in [0.4, 0.5) is 0 Å². The van der Waals surface area contributed by atoms with Crippen LogP contribution in [0.2, 0.25) is 0 Å². The zero-order chi connectivity index (χ0) is 25.2. The van der Waals surface area contributed by atoms with E-state index in [1.54, 1.807) is 17.0 Å². The first-order valence-electron chi connectivity index (χ1n) is 12.2. The van der Waals surface area contributed by atoms with Crippen LogP contribution in [0, 0.1) is 11.8 Å². The number of nitrogens with two attached hydrogens (primary N) is 1. The van der Waals surface area contributed by atoms with Crippen molar-refractivity contribution in [3.05, 3.63) is 42.5 Å². The van der Waals surface area contributed by atoms with E-state index in [0.29, 0.717) is 50.2 Å². The van der Waals surface area contributed by atoms with Crippen molar-refractivity contribution in [2.75, 3.05) is 33.7 Å². The van der Waals surface area contributed by atoms with E-state index < -0.39 is 16.2 Å². The number of sulfonamides is 1. The normalized spacial score (nSPS) is 25.4. The maximum atomic E-state index is 13.5. The molecule has 35 heavy (non-hydrogen) atoms. The number of nitrogens with zero attached hydrogens (tertiary/aromatic N) is 3. The quantitative estimate of drug-likeness (QED) is 0.531. The lowest BCUT2D eigenvalue weighted by Gasteiger charge is -2.45. The Kier molecular flexibility index (Phi) is 7.63. The van der Waals surface area contributed by atoms with Gasteiger partial charge >= 0.3 is 0 Å². The molecular formula is C25H36N6O3S. The van der Waals surface area contributed by atoms with Gasteiger partial charge in [-0.25, -0.2) is 8.42 Å². The highest BCUT2D eigenvalue weighted by molar-refractivity contribution is 7.89. The van der Waals surface area contributed by atoms with Crippen LogP contribution in [-0.4, -0.2) is 76.0 Å². The third-order valence-corrected chi connectivity index (χ3v) is 8.70. The molecule has 4 rings (SSSR count). The van der Waals surface area contributed by atoms with Crippen molar-refractivity contribution in [2.24, 2.45) is 22.6 Å². The van der Waals surface area contributed by atoms with E-state index in [0.717, 1.165) is 5.39 Å². The number of rotatable bonds is 7. The first kappa shape index (κ1) is 25.4. The SMILES string of the molecule is CC1CC(NS(=O)(=O)c2cccc3ccccc23)N(C(=O)CCC2CN=C(N)NC2)CC1N(C)C. The van der Waals surface area contributed by atoms with Crippen LogP contribution in [0.3, 0.4) is 0 Å². The first-order valence-corrected chi connectivity index (χ1v) is 13.6. The molecule has 4 N–H and O–H groups in total. The number of likely N-dealkylation sites (tertiary alicyclic amines) is 1. The molecule has 1 amide bonds. The van der Waals surface area contributed by atoms with Gasteiger partial charge in [0.1, 0.15) is 0 Å². The molecule has 4 unspecified atom stereocenters. The maximum absolute atomic E-state index is 13.5. The fourth-order valence-electron chi connectivity index (χ4n) is 5.14. The number of hydrogen-bond acceptors (Lipinski definition) is 7. The monoisotopic (exact) mass is 500 g/mol. The van der Waals surface area contributed by atoms with E-state index in [-0.39, 0.29) is 28.7 Å². The van der Waals surface area contributed by atoms with Gasteiger partial charge in [-0.1, -0.05) is 43.3 Å². The molecule has 1 saturated heterocycles. The summed E-state index contributed by atoms with van der Waals surface area (Å²) in [6.45, 7) is 3.88. The highest BCUT2D eigenvalue weighted by Gasteiger charge is 2.39. The summed E-state index contributed by atoms with van der Waals surface area (Å²) in [6, 6.07) is 12.8. The molecule has 0 saturated carbocycles. The number of amides is 1. The van der Waals surface area contributed by atoms with E-state index >= 15 is 0 Å². The molecule has 9 nitrogen and oxygen atoms in total. The Labute approximate surface area is 207 Å². The zero-order valence-corrected chi connectivity index (χ0v) is 21.5. The lowest BCUT2D eigenvalue weighted by Crippen LogP contribution is -2.61. The lowest BCUT2D eigenvalue weighted by molar-refractivity contribution is -0.138. The van der Waals surface area contributed by atoms with Crippen molar-refractivity contribution in [1.82, 2.24) is 19.8 Å². The maximum Gasteiger partial charge on any atom is 0.242 e. The Balaban J connectivity index is 1.55. The minimum Gasteiger partial charge on any atom is -0.370 e. The second kappa shape index (κ2) is 10.5. The summed E-state index contributed by atoms with van der Waals surface area (Å²) in [5.41, 5.74) is 5.68. The molecule has 2 aromatic carbocycles. The van der Waals surface area contributed by atoms with Gasteiger partial charge in [0.15, 0.2) is 5.96 Å². The smallest absolute Gasteiger partial charge is 0.242 e. The van der Waals surface area contributed by atoms with Gasteiger partial charge in [-0.05, 0) is 50.2 Å². The van der Waals surface area contributed by atoms with Crippen molar-refractivity contribution in [3.63, 3.8) is 0 Å². The zero-order valence-electron chi connectivity index (χ0n) is 20.6. The number of guanidine groups is 1. The van der Waals surface area contributed by atoms with E-state index in [9.17, 15) is 13.2 Å². The van der Waals surface area contributed by atoms with Crippen molar-refractivity contribution in [1.29, 1.82) is 0 Å². The Bertz CT molecular complexity index is 1190. The number of benzene rings is 2. The summed E-state index contributed by atoms with van der Waals surface area (Å²) in [4.78, 5) is 21.7. The van der Waals surface area contributed by atoms with Crippen LogP contribution >= 0.6 is 0 Å². The molecule has 1 fully saturated rings. The van der Waals surface area contributed by atoms with Crippen LogP contribution in [-0.2, 0) is 14.8 Å². The molecule has 4 atom stereocenters. The molecule has 0 bridgehead atoms. The summed E-state index contributed by atoms with van der Waals surface area (Å²) in [5.74, 6) is 0.839. The van der Waals surface area contributed by atoms with Crippen molar-refractivity contribution in [2.45, 2.75) is 43.3 Å². The van der Waals surface area contributed by atoms with E-state index in [1.807, 2.05) is 44.4 Å². The van der Waals surface area contributed by atoms with Gasteiger partial charge in [0.05, 0.1) is 11.1 Å². The van der Waals surface area contributed by atoms with Gasteiger partial charge in [-0.15, -0.1) is 0 Å². The molecule has 2 heterocycles. The standard InChI is InChI=1S/C25H36N6O3S/c1-17-13-23(29-35(33,34)22-10-6-8-19-7-4-5-9-20(19)22)31(16-21(17)30(2)3)24(32)12-11-18-14-27-25(26)28-15-18/h4-10,17-18,21,23,29H,11-16H2,1-3H3,(H3,26,27,28). The predicted octanol–water partition coefficient (Wildman–Crippen LogP) is 1.56. The summed E-state index contributed by atoms with van der Waals surface area (Å²) >= 11 is 0. The fraction of sp³-hybridized carbons (Fsp3) is 0.520. The lowest BCUT2D eigenvalue weighted by atomic mass is 9.90.